The molecule has 1 saturated heterocycles. The first kappa shape index (κ1) is 14.6. The Balaban J connectivity index is 2.17. The van der Waals surface area contributed by atoms with Crippen molar-refractivity contribution in [2.24, 2.45) is 5.73 Å². The fourth-order valence-corrected chi connectivity index (χ4v) is 4.19. The van der Waals surface area contributed by atoms with E-state index in [9.17, 15) is 0 Å². The van der Waals surface area contributed by atoms with Crippen LogP contribution in [-0.2, 0) is 0 Å². The second-order valence-electron chi connectivity index (χ2n) is 4.85. The Morgan fingerprint density at radius 2 is 2.22 bits per heavy atom. The van der Waals surface area contributed by atoms with E-state index in [0.717, 1.165) is 33.9 Å². The van der Waals surface area contributed by atoms with Crippen LogP contribution in [0.1, 0.15) is 18.5 Å². The molecule has 2 N–H and O–H groups in total. The van der Waals surface area contributed by atoms with Gasteiger partial charge in [0.05, 0.1) is 8.67 Å². The van der Waals surface area contributed by atoms with Gasteiger partial charge in [0.25, 0.3) is 0 Å². The Morgan fingerprint density at radius 1 is 1.50 bits per heavy atom. The second kappa shape index (κ2) is 6.07. The van der Waals surface area contributed by atoms with Crippen LogP contribution in [-0.4, -0.2) is 49.1 Å². The quantitative estimate of drug-likeness (QED) is 0.932. The summed E-state index contributed by atoms with van der Waals surface area (Å²) in [7, 11) is 2.14. The molecule has 0 amide bonds. The van der Waals surface area contributed by atoms with Crippen LogP contribution in [0.5, 0.6) is 0 Å². The molecular weight excluding hydrogens is 289 g/mol. The number of nitrogens with two attached hydrogens (primary N) is 1. The lowest BCUT2D eigenvalue weighted by Gasteiger charge is -2.42. The van der Waals surface area contributed by atoms with Gasteiger partial charge in [-0.15, -0.1) is 11.3 Å². The highest BCUT2D eigenvalue weighted by Gasteiger charge is 2.30. The van der Waals surface area contributed by atoms with Crippen molar-refractivity contribution in [2.45, 2.75) is 19.0 Å². The molecule has 18 heavy (non-hydrogen) atoms. The number of nitrogens with zero attached hydrogens (tertiary/aromatic N) is 2. The first-order valence-electron chi connectivity index (χ1n) is 6.12. The molecule has 3 nitrogen and oxygen atoms in total. The monoisotopic (exact) mass is 307 g/mol. The summed E-state index contributed by atoms with van der Waals surface area (Å²) in [6.07, 6.45) is 0. The molecule has 0 spiro atoms. The van der Waals surface area contributed by atoms with E-state index in [1.807, 2.05) is 6.07 Å². The lowest BCUT2D eigenvalue weighted by Crippen LogP contribution is -2.55. The minimum Gasteiger partial charge on any atom is -0.329 e. The zero-order chi connectivity index (χ0) is 13.3. The molecule has 0 radical (unpaired) electrons. The average Bonchev–Trinajstić information content (AvgIpc) is 2.67. The molecule has 2 unspecified atom stereocenters. The van der Waals surface area contributed by atoms with Gasteiger partial charge in [-0.1, -0.05) is 23.2 Å². The van der Waals surface area contributed by atoms with Crippen LogP contribution < -0.4 is 5.73 Å². The molecule has 102 valence electrons. The summed E-state index contributed by atoms with van der Waals surface area (Å²) < 4.78 is 1.54. The van der Waals surface area contributed by atoms with E-state index in [4.69, 9.17) is 28.9 Å². The van der Waals surface area contributed by atoms with Crippen molar-refractivity contribution in [1.82, 2.24) is 9.80 Å². The smallest absolute Gasteiger partial charge is 0.0991 e. The maximum Gasteiger partial charge on any atom is 0.0991 e. The Kier molecular flexibility index (Phi) is 4.92. The third kappa shape index (κ3) is 3.00. The topological polar surface area (TPSA) is 32.5 Å². The fraction of sp³-hybridized carbons (Fsp3) is 0.667. The van der Waals surface area contributed by atoms with Gasteiger partial charge in [0, 0.05) is 43.8 Å². The first-order chi connectivity index (χ1) is 8.52. The second-order valence-corrected chi connectivity index (χ2v) is 7.13. The van der Waals surface area contributed by atoms with Gasteiger partial charge in [0.2, 0.25) is 0 Å². The van der Waals surface area contributed by atoms with E-state index in [-0.39, 0.29) is 6.04 Å². The van der Waals surface area contributed by atoms with Crippen molar-refractivity contribution < 1.29 is 0 Å². The Hall–Kier alpha value is 0.160. The van der Waals surface area contributed by atoms with Crippen LogP contribution in [0.3, 0.4) is 0 Å². The number of hydrogen-bond acceptors (Lipinski definition) is 4. The average molecular weight is 308 g/mol. The van der Waals surface area contributed by atoms with Gasteiger partial charge in [-0.2, -0.15) is 0 Å². The molecule has 1 aromatic rings. The van der Waals surface area contributed by atoms with Crippen LogP contribution >= 0.6 is 34.5 Å². The van der Waals surface area contributed by atoms with Gasteiger partial charge >= 0.3 is 0 Å². The molecule has 0 saturated carbocycles. The Labute approximate surface area is 122 Å². The summed E-state index contributed by atoms with van der Waals surface area (Å²) in [5, 5.41) is 0. The summed E-state index contributed by atoms with van der Waals surface area (Å²) in [6, 6.07) is 2.63. The maximum atomic E-state index is 6.24. The SMILES string of the molecule is CC(c1cc(Cl)sc1Cl)N1CCN(C)CC1CN. The molecule has 2 heterocycles. The molecule has 2 rings (SSSR count). The molecule has 0 aromatic carbocycles. The number of likely N-dealkylation sites (N-methyl/N-ethyl adjacent to an activating group) is 1. The highest BCUT2D eigenvalue weighted by molar-refractivity contribution is 7.20. The zero-order valence-corrected chi connectivity index (χ0v) is 13.0. The van der Waals surface area contributed by atoms with E-state index in [2.05, 4.69) is 23.8 Å². The lowest BCUT2D eigenvalue weighted by atomic mass is 10.1. The molecular formula is C12H19Cl2N3S. The van der Waals surface area contributed by atoms with E-state index < -0.39 is 0 Å². The summed E-state index contributed by atoms with van der Waals surface area (Å²) in [6.45, 7) is 5.94. The van der Waals surface area contributed by atoms with E-state index in [0.29, 0.717) is 12.6 Å². The van der Waals surface area contributed by atoms with Crippen molar-refractivity contribution in [3.63, 3.8) is 0 Å². The summed E-state index contributed by atoms with van der Waals surface area (Å²) >= 11 is 13.7. The predicted octanol–water partition coefficient (Wildman–Crippen LogP) is 2.69. The molecule has 0 bridgehead atoms. The number of hydrogen-bond donors (Lipinski definition) is 1. The normalized spacial score (nSPS) is 24.4. The summed E-state index contributed by atoms with van der Waals surface area (Å²) in [4.78, 5) is 4.76. The van der Waals surface area contributed by atoms with Gasteiger partial charge in [-0.05, 0) is 20.0 Å². The predicted molar refractivity (Wildman–Crippen MR) is 79.8 cm³/mol. The van der Waals surface area contributed by atoms with Crippen molar-refractivity contribution in [3.8, 4) is 0 Å². The summed E-state index contributed by atoms with van der Waals surface area (Å²) in [5.41, 5.74) is 7.01. The molecule has 1 aliphatic heterocycles. The van der Waals surface area contributed by atoms with Crippen LogP contribution in [0.4, 0.5) is 0 Å². The van der Waals surface area contributed by atoms with Crippen molar-refractivity contribution in [3.05, 3.63) is 20.3 Å². The summed E-state index contributed by atoms with van der Waals surface area (Å²) in [5.74, 6) is 0. The van der Waals surface area contributed by atoms with E-state index in [1.54, 1.807) is 0 Å². The van der Waals surface area contributed by atoms with Crippen LogP contribution in [0.2, 0.25) is 8.67 Å². The van der Waals surface area contributed by atoms with Crippen molar-refractivity contribution >= 4 is 34.5 Å². The zero-order valence-electron chi connectivity index (χ0n) is 10.7. The Bertz CT molecular complexity index is 410. The van der Waals surface area contributed by atoms with Gasteiger partial charge in [-0.3, -0.25) is 4.90 Å². The van der Waals surface area contributed by atoms with Crippen LogP contribution in [0.25, 0.3) is 0 Å². The van der Waals surface area contributed by atoms with E-state index in [1.165, 1.54) is 11.3 Å². The number of thiophene rings is 1. The largest absolute Gasteiger partial charge is 0.329 e. The van der Waals surface area contributed by atoms with E-state index >= 15 is 0 Å². The van der Waals surface area contributed by atoms with Gasteiger partial charge in [-0.25, -0.2) is 0 Å². The third-order valence-corrected chi connectivity index (χ3v) is 5.15. The highest BCUT2D eigenvalue weighted by Crippen LogP contribution is 2.37. The fourth-order valence-electron chi connectivity index (χ4n) is 2.56. The minimum absolute atomic E-state index is 0.267. The minimum atomic E-state index is 0.267. The molecule has 2 atom stereocenters. The number of piperazine rings is 1. The molecule has 0 aliphatic carbocycles. The van der Waals surface area contributed by atoms with Crippen molar-refractivity contribution in [2.75, 3.05) is 33.2 Å². The number of halogens is 2. The van der Waals surface area contributed by atoms with Crippen molar-refractivity contribution in [1.29, 1.82) is 0 Å². The maximum absolute atomic E-state index is 6.24. The number of rotatable bonds is 3. The first-order valence-corrected chi connectivity index (χ1v) is 7.69. The molecule has 1 aromatic heterocycles. The third-order valence-electron chi connectivity index (χ3n) is 3.63. The Morgan fingerprint density at radius 3 is 2.78 bits per heavy atom. The lowest BCUT2D eigenvalue weighted by molar-refractivity contribution is 0.0623. The standard InChI is InChI=1S/C12H19Cl2N3S/c1-8(10-5-11(13)18-12(10)14)17-4-3-16(2)7-9(17)6-15/h5,8-9H,3-4,6-7,15H2,1-2H3. The van der Waals surface area contributed by atoms with Gasteiger partial charge in [0.1, 0.15) is 0 Å². The van der Waals surface area contributed by atoms with Crippen LogP contribution in [0, 0.1) is 0 Å². The molecule has 1 aliphatic rings. The molecule has 6 heteroatoms. The van der Waals surface area contributed by atoms with Crippen LogP contribution in [0.15, 0.2) is 6.07 Å². The van der Waals surface area contributed by atoms with Gasteiger partial charge in [0.15, 0.2) is 0 Å². The molecule has 1 fully saturated rings. The highest BCUT2D eigenvalue weighted by atomic mass is 35.5. The van der Waals surface area contributed by atoms with Gasteiger partial charge < -0.3 is 10.6 Å².